The molecule has 2 rings (SSSR count). The number of anilines is 1. The van der Waals surface area contributed by atoms with Crippen LogP contribution in [-0.4, -0.2) is 39.2 Å². The molecule has 1 fully saturated rings. The van der Waals surface area contributed by atoms with Gasteiger partial charge in [-0.1, -0.05) is 0 Å². The number of hydrogen-bond donors (Lipinski definition) is 2. The molecule has 21 heavy (non-hydrogen) atoms. The number of carbonyl (C=O) groups excluding carboxylic acids is 1. The number of nitrogens with zero attached hydrogens (tertiary/aromatic N) is 2. The lowest BCUT2D eigenvalue weighted by Gasteiger charge is -2.26. The Morgan fingerprint density at radius 2 is 2.19 bits per heavy atom. The van der Waals surface area contributed by atoms with Crippen molar-refractivity contribution in [3.63, 3.8) is 0 Å². The molecule has 1 aromatic heterocycles. The second kappa shape index (κ2) is 5.67. The van der Waals surface area contributed by atoms with Gasteiger partial charge in [0.15, 0.2) is 0 Å². The molecule has 0 bridgehead atoms. The van der Waals surface area contributed by atoms with Crippen LogP contribution in [0, 0.1) is 12.8 Å². The summed E-state index contributed by atoms with van der Waals surface area (Å²) in [6.07, 6.45) is 3.10. The number of aromatic nitrogens is 2. The number of carboxylic acids is 1. The van der Waals surface area contributed by atoms with Crippen LogP contribution in [0.3, 0.4) is 0 Å². The van der Waals surface area contributed by atoms with Gasteiger partial charge in [-0.2, -0.15) is 0 Å². The summed E-state index contributed by atoms with van der Waals surface area (Å²) < 4.78 is 4.90. The molecule has 0 radical (unpaired) electrons. The second-order valence-electron chi connectivity index (χ2n) is 5.32. The van der Waals surface area contributed by atoms with E-state index in [2.05, 4.69) is 15.3 Å². The van der Waals surface area contributed by atoms with Gasteiger partial charge in [0.1, 0.15) is 5.54 Å². The number of rotatable bonds is 6. The SMILES string of the molecule is CCOC(=O)c1cnc(NC(C)(C(=O)O)C2CC2)nc1C. The lowest BCUT2D eigenvalue weighted by atomic mass is 9.96. The van der Waals surface area contributed by atoms with Crippen molar-refractivity contribution in [3.05, 3.63) is 17.5 Å². The highest BCUT2D eigenvalue weighted by molar-refractivity contribution is 5.90. The maximum absolute atomic E-state index is 11.7. The minimum atomic E-state index is -1.09. The fourth-order valence-electron chi connectivity index (χ4n) is 2.16. The number of ether oxygens (including phenoxy) is 1. The Balaban J connectivity index is 2.20. The van der Waals surface area contributed by atoms with Gasteiger partial charge in [0.25, 0.3) is 0 Å². The molecule has 0 aromatic carbocycles. The van der Waals surface area contributed by atoms with Gasteiger partial charge in [-0.15, -0.1) is 0 Å². The topological polar surface area (TPSA) is 101 Å². The number of aryl methyl sites for hydroxylation is 1. The van der Waals surface area contributed by atoms with E-state index < -0.39 is 17.5 Å². The molecule has 1 aliphatic carbocycles. The quantitative estimate of drug-likeness (QED) is 0.768. The van der Waals surface area contributed by atoms with Crippen molar-refractivity contribution < 1.29 is 19.4 Å². The standard InChI is InChI=1S/C14H19N3O4/c1-4-21-11(18)10-7-15-13(16-8(10)2)17-14(3,12(19)20)9-5-6-9/h7,9H,4-6H2,1-3H3,(H,19,20)(H,15,16,17). The molecule has 2 N–H and O–H groups in total. The zero-order chi connectivity index (χ0) is 15.6. The fourth-order valence-corrected chi connectivity index (χ4v) is 2.16. The minimum absolute atomic E-state index is 0.0728. The van der Waals surface area contributed by atoms with Crippen molar-refractivity contribution in [2.75, 3.05) is 11.9 Å². The normalized spacial score (nSPS) is 16.9. The molecule has 0 aliphatic heterocycles. The molecule has 1 aromatic rings. The molecule has 1 saturated carbocycles. The van der Waals surface area contributed by atoms with Gasteiger partial charge in [0, 0.05) is 6.20 Å². The van der Waals surface area contributed by atoms with Gasteiger partial charge < -0.3 is 15.2 Å². The van der Waals surface area contributed by atoms with Gasteiger partial charge >= 0.3 is 11.9 Å². The first-order chi connectivity index (χ1) is 9.88. The summed E-state index contributed by atoms with van der Waals surface area (Å²) in [4.78, 5) is 31.3. The number of hydrogen-bond acceptors (Lipinski definition) is 6. The molecule has 1 aliphatic rings. The first-order valence-corrected chi connectivity index (χ1v) is 6.90. The maximum Gasteiger partial charge on any atom is 0.341 e. The van der Waals surface area contributed by atoms with Crippen LogP contribution in [-0.2, 0) is 9.53 Å². The molecule has 0 saturated heterocycles. The summed E-state index contributed by atoms with van der Waals surface area (Å²) in [7, 11) is 0. The molecule has 1 unspecified atom stereocenters. The third-order valence-electron chi connectivity index (χ3n) is 3.68. The Kier molecular flexibility index (Phi) is 4.11. The summed E-state index contributed by atoms with van der Waals surface area (Å²) in [6, 6.07) is 0. The summed E-state index contributed by atoms with van der Waals surface area (Å²) in [5.41, 5.74) is -0.349. The van der Waals surface area contributed by atoms with E-state index in [4.69, 9.17) is 4.74 Å². The van der Waals surface area contributed by atoms with Gasteiger partial charge in [-0.3, -0.25) is 0 Å². The van der Waals surface area contributed by atoms with Crippen molar-refractivity contribution in [2.24, 2.45) is 5.92 Å². The van der Waals surface area contributed by atoms with Crippen LogP contribution < -0.4 is 5.32 Å². The van der Waals surface area contributed by atoms with E-state index in [1.807, 2.05) is 0 Å². The lowest BCUT2D eigenvalue weighted by Crippen LogP contribution is -2.46. The van der Waals surface area contributed by atoms with Crippen molar-refractivity contribution in [2.45, 2.75) is 39.2 Å². The summed E-state index contributed by atoms with van der Waals surface area (Å²) in [6.45, 7) is 5.29. The van der Waals surface area contributed by atoms with Gasteiger partial charge in [0.05, 0.1) is 17.9 Å². The average molecular weight is 293 g/mol. The van der Waals surface area contributed by atoms with E-state index in [9.17, 15) is 14.7 Å². The monoisotopic (exact) mass is 293 g/mol. The molecule has 0 spiro atoms. The fraction of sp³-hybridized carbons (Fsp3) is 0.571. The molecule has 7 nitrogen and oxygen atoms in total. The summed E-state index contributed by atoms with van der Waals surface area (Å²) in [5.74, 6) is -1.13. The Hall–Kier alpha value is -2.18. The predicted octanol–water partition coefficient (Wildman–Crippen LogP) is 1.63. The van der Waals surface area contributed by atoms with E-state index in [1.54, 1.807) is 20.8 Å². The molecule has 114 valence electrons. The van der Waals surface area contributed by atoms with Crippen LogP contribution in [0.5, 0.6) is 0 Å². The van der Waals surface area contributed by atoms with Crippen LogP contribution in [0.2, 0.25) is 0 Å². The van der Waals surface area contributed by atoms with Crippen molar-refractivity contribution in [1.82, 2.24) is 9.97 Å². The van der Waals surface area contributed by atoms with E-state index in [0.29, 0.717) is 5.69 Å². The number of carboxylic acid groups (broad SMARTS) is 1. The Morgan fingerprint density at radius 1 is 1.52 bits per heavy atom. The molecular formula is C14H19N3O4. The highest BCUT2D eigenvalue weighted by atomic mass is 16.5. The van der Waals surface area contributed by atoms with Crippen LogP contribution >= 0.6 is 0 Å². The number of carbonyl (C=O) groups is 2. The van der Waals surface area contributed by atoms with E-state index in [0.717, 1.165) is 12.8 Å². The highest BCUT2D eigenvalue weighted by Gasteiger charge is 2.48. The summed E-state index contributed by atoms with van der Waals surface area (Å²) >= 11 is 0. The van der Waals surface area contributed by atoms with Crippen LogP contribution in [0.15, 0.2) is 6.20 Å². The van der Waals surface area contributed by atoms with Crippen LogP contribution in [0.25, 0.3) is 0 Å². The Bertz CT molecular complexity index is 571. The summed E-state index contributed by atoms with van der Waals surface area (Å²) in [5, 5.41) is 12.3. The van der Waals surface area contributed by atoms with Gasteiger partial charge in [-0.05, 0) is 39.5 Å². The zero-order valence-corrected chi connectivity index (χ0v) is 12.3. The first-order valence-electron chi connectivity index (χ1n) is 6.90. The highest BCUT2D eigenvalue weighted by Crippen LogP contribution is 2.41. The minimum Gasteiger partial charge on any atom is -0.480 e. The lowest BCUT2D eigenvalue weighted by molar-refractivity contribution is -0.142. The van der Waals surface area contributed by atoms with E-state index in [1.165, 1.54) is 6.20 Å². The number of esters is 1. The largest absolute Gasteiger partial charge is 0.480 e. The van der Waals surface area contributed by atoms with Crippen LogP contribution in [0.1, 0.15) is 42.7 Å². The predicted molar refractivity (Wildman–Crippen MR) is 75.1 cm³/mol. The molecule has 1 atom stereocenters. The number of nitrogens with one attached hydrogen (secondary N) is 1. The van der Waals surface area contributed by atoms with Crippen LogP contribution in [0.4, 0.5) is 5.95 Å². The zero-order valence-electron chi connectivity index (χ0n) is 12.3. The maximum atomic E-state index is 11.7. The van der Waals surface area contributed by atoms with E-state index in [-0.39, 0.29) is 24.0 Å². The third-order valence-corrected chi connectivity index (χ3v) is 3.68. The number of aliphatic carboxylic acids is 1. The Labute approximate surface area is 122 Å². The van der Waals surface area contributed by atoms with Crippen molar-refractivity contribution in [3.8, 4) is 0 Å². The molecular weight excluding hydrogens is 274 g/mol. The van der Waals surface area contributed by atoms with Gasteiger partial charge in [-0.25, -0.2) is 19.6 Å². The van der Waals surface area contributed by atoms with Crippen molar-refractivity contribution >= 4 is 17.9 Å². The third kappa shape index (κ3) is 3.12. The molecule has 7 heteroatoms. The molecule has 0 amide bonds. The Morgan fingerprint density at radius 3 is 2.67 bits per heavy atom. The van der Waals surface area contributed by atoms with Crippen molar-refractivity contribution in [1.29, 1.82) is 0 Å². The average Bonchev–Trinajstić information content (AvgIpc) is 3.23. The molecule has 1 heterocycles. The van der Waals surface area contributed by atoms with E-state index >= 15 is 0 Å². The second-order valence-corrected chi connectivity index (χ2v) is 5.32. The smallest absolute Gasteiger partial charge is 0.341 e. The first kappa shape index (κ1) is 15.2. The van der Waals surface area contributed by atoms with Gasteiger partial charge in [0.2, 0.25) is 5.95 Å².